The summed E-state index contributed by atoms with van der Waals surface area (Å²) in [6, 6.07) is 7.44. The number of rotatable bonds is 4. The minimum absolute atomic E-state index is 0.373. The van der Waals surface area contributed by atoms with Crippen molar-refractivity contribution in [2.24, 2.45) is 5.10 Å². The van der Waals surface area contributed by atoms with Crippen LogP contribution >= 0.6 is 0 Å². The summed E-state index contributed by atoms with van der Waals surface area (Å²) in [6.07, 6.45) is 2.48. The smallest absolute Gasteiger partial charge is 0.246 e. The minimum Gasteiger partial charge on any atom is -0.490 e. The van der Waals surface area contributed by atoms with Crippen molar-refractivity contribution in [2.45, 2.75) is 13.3 Å². The van der Waals surface area contributed by atoms with Crippen LogP contribution in [0, 0.1) is 0 Å². The monoisotopic (exact) mass is 314 g/mol. The molecule has 0 radical (unpaired) electrons. The number of aromatic nitrogens is 2. The molecule has 23 heavy (non-hydrogen) atoms. The van der Waals surface area contributed by atoms with Crippen molar-refractivity contribution in [3.05, 3.63) is 36.0 Å². The van der Waals surface area contributed by atoms with Gasteiger partial charge in [-0.25, -0.2) is 10.4 Å². The fourth-order valence-electron chi connectivity index (χ4n) is 2.10. The predicted octanol–water partition coefficient (Wildman–Crippen LogP) is 2.48. The second-order valence-corrected chi connectivity index (χ2v) is 4.94. The summed E-state index contributed by atoms with van der Waals surface area (Å²) in [5.41, 5.74) is 4.54. The van der Waals surface area contributed by atoms with Crippen molar-refractivity contribution in [2.75, 3.05) is 25.7 Å². The summed E-state index contributed by atoms with van der Waals surface area (Å²) in [7, 11) is 1.55. The zero-order valence-electron chi connectivity index (χ0n) is 13.1. The van der Waals surface area contributed by atoms with E-state index in [4.69, 9.17) is 14.2 Å². The molecule has 1 aromatic carbocycles. The Balaban J connectivity index is 1.76. The first-order valence-electron chi connectivity index (χ1n) is 7.33. The van der Waals surface area contributed by atoms with Gasteiger partial charge in [0.05, 0.1) is 26.0 Å². The molecule has 2 aromatic rings. The second kappa shape index (κ2) is 6.95. The van der Waals surface area contributed by atoms with Crippen molar-refractivity contribution in [1.29, 1.82) is 0 Å². The lowest BCUT2D eigenvalue weighted by molar-refractivity contribution is 0.297. The molecule has 0 fully saturated rings. The lowest BCUT2D eigenvalue weighted by Crippen LogP contribution is -2.03. The van der Waals surface area contributed by atoms with Crippen LogP contribution in [0.2, 0.25) is 0 Å². The van der Waals surface area contributed by atoms with E-state index in [2.05, 4.69) is 20.5 Å². The van der Waals surface area contributed by atoms with Crippen molar-refractivity contribution in [3.63, 3.8) is 0 Å². The molecule has 1 aliphatic rings. The van der Waals surface area contributed by atoms with Gasteiger partial charge in [-0.15, -0.1) is 0 Å². The predicted molar refractivity (Wildman–Crippen MR) is 86.5 cm³/mol. The molecule has 0 amide bonds. The topological polar surface area (TPSA) is 77.9 Å². The van der Waals surface area contributed by atoms with Crippen molar-refractivity contribution in [1.82, 2.24) is 9.97 Å². The molecule has 0 saturated carbocycles. The average molecular weight is 314 g/mol. The maximum atomic E-state index is 5.69. The number of benzene rings is 1. The molecule has 120 valence electrons. The van der Waals surface area contributed by atoms with Gasteiger partial charge < -0.3 is 14.2 Å². The van der Waals surface area contributed by atoms with E-state index < -0.39 is 0 Å². The number of methoxy groups -OCH3 is 1. The number of anilines is 1. The summed E-state index contributed by atoms with van der Waals surface area (Å²) in [6.45, 7) is 3.23. The Morgan fingerprint density at radius 3 is 2.87 bits per heavy atom. The Morgan fingerprint density at radius 2 is 2.04 bits per heavy atom. The summed E-state index contributed by atoms with van der Waals surface area (Å²) in [5.74, 6) is 2.36. The summed E-state index contributed by atoms with van der Waals surface area (Å²) in [4.78, 5) is 8.22. The molecule has 7 heteroatoms. The quantitative estimate of drug-likeness (QED) is 0.690. The van der Waals surface area contributed by atoms with Gasteiger partial charge in [-0.05, 0) is 25.1 Å². The van der Waals surface area contributed by atoms with E-state index in [-0.39, 0.29) is 0 Å². The Kier molecular flexibility index (Phi) is 4.56. The Hall–Kier alpha value is -2.83. The van der Waals surface area contributed by atoms with E-state index in [1.165, 1.54) is 0 Å². The van der Waals surface area contributed by atoms with Gasteiger partial charge in [0.15, 0.2) is 11.5 Å². The van der Waals surface area contributed by atoms with Crippen LogP contribution in [0.5, 0.6) is 17.4 Å². The molecule has 0 spiro atoms. The van der Waals surface area contributed by atoms with Gasteiger partial charge in [0.1, 0.15) is 0 Å². The van der Waals surface area contributed by atoms with Crippen molar-refractivity contribution in [3.8, 4) is 17.4 Å². The number of fused-ring (bicyclic) bond motifs is 1. The first-order valence-corrected chi connectivity index (χ1v) is 7.33. The van der Waals surface area contributed by atoms with E-state index in [9.17, 15) is 0 Å². The number of ether oxygens (including phenoxy) is 3. The minimum atomic E-state index is 0.373. The third-order valence-electron chi connectivity index (χ3n) is 3.33. The highest BCUT2D eigenvalue weighted by Gasteiger charge is 2.11. The fraction of sp³-hybridized carbons (Fsp3) is 0.312. The van der Waals surface area contributed by atoms with Gasteiger partial charge in [0.2, 0.25) is 11.8 Å². The van der Waals surface area contributed by atoms with Crippen LogP contribution in [-0.4, -0.2) is 36.0 Å². The van der Waals surface area contributed by atoms with E-state index in [1.54, 1.807) is 19.4 Å². The Labute approximate surface area is 134 Å². The molecular formula is C16H18N4O3. The molecule has 1 aromatic heterocycles. The molecule has 0 unspecified atom stereocenters. The fourth-order valence-corrected chi connectivity index (χ4v) is 2.10. The largest absolute Gasteiger partial charge is 0.490 e. The van der Waals surface area contributed by atoms with E-state index >= 15 is 0 Å². The number of hydrazone groups is 1. The highest BCUT2D eigenvalue weighted by molar-refractivity contribution is 5.99. The second-order valence-electron chi connectivity index (χ2n) is 4.94. The Bertz CT molecular complexity index is 718. The van der Waals surface area contributed by atoms with Crippen molar-refractivity contribution >= 4 is 11.7 Å². The van der Waals surface area contributed by atoms with Crippen molar-refractivity contribution < 1.29 is 14.2 Å². The molecule has 1 aliphatic heterocycles. The van der Waals surface area contributed by atoms with Gasteiger partial charge in [-0.3, -0.25) is 0 Å². The summed E-state index contributed by atoms with van der Waals surface area (Å²) < 4.78 is 16.4. The van der Waals surface area contributed by atoms with Crippen LogP contribution in [0.4, 0.5) is 5.95 Å². The third kappa shape index (κ3) is 3.68. The molecule has 0 bridgehead atoms. The zero-order valence-corrected chi connectivity index (χ0v) is 13.1. The standard InChI is InChI=1S/C16H18N4O3/c1-11(19-20-16-17-7-6-15(18-16)21-2)12-4-5-13-14(10-12)23-9-3-8-22-13/h4-7,10H,3,8-9H2,1-2H3,(H,17,18,20). The number of nitrogens with zero attached hydrogens (tertiary/aromatic N) is 3. The summed E-state index contributed by atoms with van der Waals surface area (Å²) in [5, 5.41) is 4.30. The average Bonchev–Trinajstić information content (AvgIpc) is 2.84. The number of nitrogens with one attached hydrogen (secondary N) is 1. The molecule has 7 nitrogen and oxygen atoms in total. The van der Waals surface area contributed by atoms with Gasteiger partial charge >= 0.3 is 0 Å². The first kappa shape index (κ1) is 15.1. The maximum Gasteiger partial charge on any atom is 0.246 e. The zero-order chi connectivity index (χ0) is 16.1. The molecule has 2 heterocycles. The van der Waals surface area contributed by atoms with E-state index in [0.717, 1.165) is 29.2 Å². The lowest BCUT2D eigenvalue weighted by Gasteiger charge is -2.09. The van der Waals surface area contributed by atoms with E-state index in [0.29, 0.717) is 25.0 Å². The SMILES string of the molecule is COc1ccnc(NN=C(C)c2ccc3c(c2)OCCCO3)n1. The van der Waals surface area contributed by atoms with Gasteiger partial charge in [-0.1, -0.05) is 0 Å². The van der Waals surface area contributed by atoms with Crippen LogP contribution < -0.4 is 19.6 Å². The Morgan fingerprint density at radius 1 is 1.22 bits per heavy atom. The third-order valence-corrected chi connectivity index (χ3v) is 3.33. The first-order chi connectivity index (χ1) is 11.3. The van der Waals surface area contributed by atoms with Crippen LogP contribution in [-0.2, 0) is 0 Å². The molecule has 0 aliphatic carbocycles. The molecule has 3 rings (SSSR count). The lowest BCUT2D eigenvalue weighted by atomic mass is 10.1. The molecule has 1 N–H and O–H groups in total. The normalized spacial score (nSPS) is 14.1. The van der Waals surface area contributed by atoms with Crippen LogP contribution in [0.15, 0.2) is 35.6 Å². The van der Waals surface area contributed by atoms with Crippen LogP contribution in [0.1, 0.15) is 18.9 Å². The molecular weight excluding hydrogens is 296 g/mol. The highest BCUT2D eigenvalue weighted by Crippen LogP contribution is 2.30. The number of hydrogen-bond donors (Lipinski definition) is 1. The van der Waals surface area contributed by atoms with Gasteiger partial charge in [0.25, 0.3) is 0 Å². The van der Waals surface area contributed by atoms with Gasteiger partial charge in [0, 0.05) is 24.2 Å². The van der Waals surface area contributed by atoms with Crippen LogP contribution in [0.3, 0.4) is 0 Å². The summed E-state index contributed by atoms with van der Waals surface area (Å²) >= 11 is 0. The molecule has 0 saturated heterocycles. The van der Waals surface area contributed by atoms with Gasteiger partial charge in [-0.2, -0.15) is 10.1 Å². The molecule has 0 atom stereocenters. The number of hydrogen-bond acceptors (Lipinski definition) is 7. The van der Waals surface area contributed by atoms with E-state index in [1.807, 2.05) is 25.1 Å². The highest BCUT2D eigenvalue weighted by atomic mass is 16.5. The maximum absolute atomic E-state index is 5.69. The van der Waals surface area contributed by atoms with Crippen LogP contribution in [0.25, 0.3) is 0 Å².